The molecule has 1 saturated heterocycles. The van der Waals surface area contributed by atoms with Gasteiger partial charge in [-0.25, -0.2) is 4.98 Å². The average molecular weight is 357 g/mol. The highest BCUT2D eigenvalue weighted by Gasteiger charge is 2.37. The van der Waals surface area contributed by atoms with E-state index in [9.17, 15) is 4.79 Å². The molecule has 2 fully saturated rings. The number of aromatic nitrogens is 5. The molecule has 2 aromatic rings. The van der Waals surface area contributed by atoms with Crippen LogP contribution >= 0.6 is 0 Å². The Morgan fingerprint density at radius 1 is 1.19 bits per heavy atom. The summed E-state index contributed by atoms with van der Waals surface area (Å²) in [7, 11) is 0. The molecule has 8 heteroatoms. The van der Waals surface area contributed by atoms with Gasteiger partial charge in [0.25, 0.3) is 0 Å². The van der Waals surface area contributed by atoms with Crippen LogP contribution in [0.1, 0.15) is 53.8 Å². The van der Waals surface area contributed by atoms with Crippen LogP contribution in [0.3, 0.4) is 0 Å². The highest BCUT2D eigenvalue weighted by molar-refractivity contribution is 5.81. The number of carbonyl (C=O) groups excluding carboxylic acids is 1. The summed E-state index contributed by atoms with van der Waals surface area (Å²) in [5.41, 5.74) is 3.42. The lowest BCUT2D eigenvalue weighted by Gasteiger charge is -2.38. The van der Waals surface area contributed by atoms with Gasteiger partial charge in [0, 0.05) is 36.2 Å². The maximum absolute atomic E-state index is 12.4. The third kappa shape index (κ3) is 3.51. The summed E-state index contributed by atoms with van der Waals surface area (Å²) >= 11 is 0. The zero-order valence-electron chi connectivity index (χ0n) is 15.7. The Kier molecular flexibility index (Phi) is 4.52. The molecule has 8 nitrogen and oxygen atoms in total. The number of rotatable bonds is 5. The van der Waals surface area contributed by atoms with E-state index in [1.807, 2.05) is 13.8 Å². The van der Waals surface area contributed by atoms with Gasteiger partial charge < -0.3 is 5.32 Å². The number of aromatic amines is 2. The molecule has 1 aliphatic carbocycles. The van der Waals surface area contributed by atoms with Crippen LogP contribution in [0.25, 0.3) is 0 Å². The standard InChI is InChI=1S/C18H27N7O/c1-10-15(11(2)22-21-10)8-25-7-6-14(17-19-12(3)23-24-17)16(9-25)20-18(26)13-4-5-13/h13-14,16H,4-9H2,1-3H3,(H,20,26)(H,21,22)(H,19,23,24)/t14-,16+/m0/s1. The fourth-order valence-electron chi connectivity index (χ4n) is 3.82. The van der Waals surface area contributed by atoms with E-state index in [1.165, 1.54) is 5.56 Å². The highest BCUT2D eigenvalue weighted by atomic mass is 16.2. The lowest BCUT2D eigenvalue weighted by atomic mass is 9.90. The van der Waals surface area contributed by atoms with Crippen molar-refractivity contribution >= 4 is 5.91 Å². The van der Waals surface area contributed by atoms with Crippen molar-refractivity contribution in [3.05, 3.63) is 28.6 Å². The molecule has 2 aliphatic rings. The van der Waals surface area contributed by atoms with Crippen LogP contribution in [-0.4, -0.2) is 55.3 Å². The van der Waals surface area contributed by atoms with Gasteiger partial charge in [-0.3, -0.25) is 19.9 Å². The number of hydrogen-bond acceptors (Lipinski definition) is 5. The van der Waals surface area contributed by atoms with Crippen molar-refractivity contribution < 1.29 is 4.79 Å². The molecule has 2 atom stereocenters. The quantitative estimate of drug-likeness (QED) is 0.749. The van der Waals surface area contributed by atoms with Crippen molar-refractivity contribution in [2.24, 2.45) is 5.92 Å². The second-order valence-corrected chi connectivity index (χ2v) is 7.71. The molecular formula is C18H27N7O. The minimum absolute atomic E-state index is 0.0413. The van der Waals surface area contributed by atoms with Crippen molar-refractivity contribution in [1.82, 2.24) is 35.6 Å². The summed E-state index contributed by atoms with van der Waals surface area (Å²) in [4.78, 5) is 19.3. The fraction of sp³-hybridized carbons (Fsp3) is 0.667. The van der Waals surface area contributed by atoms with Crippen molar-refractivity contribution in [1.29, 1.82) is 0 Å². The molecule has 1 amide bonds. The van der Waals surface area contributed by atoms with E-state index in [0.29, 0.717) is 0 Å². The Bertz CT molecular complexity index is 772. The van der Waals surface area contributed by atoms with Crippen molar-refractivity contribution in [2.75, 3.05) is 13.1 Å². The second-order valence-electron chi connectivity index (χ2n) is 7.71. The van der Waals surface area contributed by atoms with Gasteiger partial charge in [0.15, 0.2) is 5.82 Å². The van der Waals surface area contributed by atoms with Crippen LogP contribution in [0.2, 0.25) is 0 Å². The first-order valence-corrected chi connectivity index (χ1v) is 9.43. The minimum Gasteiger partial charge on any atom is -0.351 e. The molecular weight excluding hydrogens is 330 g/mol. The Hall–Kier alpha value is -2.22. The molecule has 26 heavy (non-hydrogen) atoms. The van der Waals surface area contributed by atoms with Crippen molar-refractivity contribution in [3.63, 3.8) is 0 Å². The van der Waals surface area contributed by atoms with Crippen LogP contribution in [0.5, 0.6) is 0 Å². The number of hydrogen-bond donors (Lipinski definition) is 3. The number of nitrogens with one attached hydrogen (secondary N) is 3. The topological polar surface area (TPSA) is 103 Å². The molecule has 2 aromatic heterocycles. The first kappa shape index (κ1) is 17.2. The SMILES string of the molecule is Cc1nc([C@H]2CCN(Cc3c(C)n[nH]c3C)C[C@H]2NC(=O)C2CC2)n[nH]1. The second kappa shape index (κ2) is 6.83. The molecule has 1 aliphatic heterocycles. The van der Waals surface area contributed by atoms with E-state index in [4.69, 9.17) is 0 Å². The zero-order valence-corrected chi connectivity index (χ0v) is 15.7. The lowest BCUT2D eigenvalue weighted by molar-refractivity contribution is -0.123. The Labute approximate surface area is 153 Å². The number of carbonyl (C=O) groups is 1. The van der Waals surface area contributed by atoms with Crippen LogP contribution < -0.4 is 5.32 Å². The smallest absolute Gasteiger partial charge is 0.223 e. The highest BCUT2D eigenvalue weighted by Crippen LogP contribution is 2.32. The molecule has 0 aromatic carbocycles. The number of amides is 1. The number of nitrogens with zero attached hydrogens (tertiary/aromatic N) is 4. The number of aryl methyl sites for hydroxylation is 3. The average Bonchev–Trinajstić information content (AvgIpc) is 3.32. The summed E-state index contributed by atoms with van der Waals surface area (Å²) in [6, 6.07) is 0.0413. The first-order valence-electron chi connectivity index (χ1n) is 9.43. The molecule has 3 heterocycles. The minimum atomic E-state index is 0.0413. The lowest BCUT2D eigenvalue weighted by Crippen LogP contribution is -2.52. The summed E-state index contributed by atoms with van der Waals surface area (Å²) in [6.45, 7) is 8.62. The fourth-order valence-corrected chi connectivity index (χ4v) is 3.82. The summed E-state index contributed by atoms with van der Waals surface area (Å²) < 4.78 is 0. The number of likely N-dealkylation sites (tertiary alicyclic amines) is 1. The van der Waals surface area contributed by atoms with Gasteiger partial charge in [-0.15, -0.1) is 0 Å². The van der Waals surface area contributed by atoms with Crippen LogP contribution in [0, 0.1) is 26.7 Å². The van der Waals surface area contributed by atoms with Crippen LogP contribution in [0.15, 0.2) is 0 Å². The van der Waals surface area contributed by atoms with E-state index in [2.05, 4.69) is 42.5 Å². The van der Waals surface area contributed by atoms with Gasteiger partial charge in [-0.2, -0.15) is 10.2 Å². The van der Waals surface area contributed by atoms with E-state index in [0.717, 1.165) is 61.9 Å². The molecule has 3 N–H and O–H groups in total. The Balaban J connectivity index is 1.50. The molecule has 4 rings (SSSR count). The predicted octanol–water partition coefficient (Wildman–Crippen LogP) is 1.34. The summed E-state index contributed by atoms with van der Waals surface area (Å²) in [6.07, 6.45) is 2.96. The van der Waals surface area contributed by atoms with E-state index in [1.54, 1.807) is 0 Å². The number of H-pyrrole nitrogens is 2. The van der Waals surface area contributed by atoms with E-state index in [-0.39, 0.29) is 23.8 Å². The third-order valence-electron chi connectivity index (χ3n) is 5.58. The maximum Gasteiger partial charge on any atom is 0.223 e. The van der Waals surface area contributed by atoms with E-state index < -0.39 is 0 Å². The van der Waals surface area contributed by atoms with E-state index >= 15 is 0 Å². The number of piperidine rings is 1. The first-order chi connectivity index (χ1) is 12.5. The molecule has 0 spiro atoms. The van der Waals surface area contributed by atoms with Gasteiger partial charge in [0.1, 0.15) is 5.82 Å². The maximum atomic E-state index is 12.4. The summed E-state index contributed by atoms with van der Waals surface area (Å²) in [5, 5.41) is 17.9. The molecule has 0 unspecified atom stereocenters. The third-order valence-corrected chi connectivity index (χ3v) is 5.58. The molecule has 140 valence electrons. The molecule has 1 saturated carbocycles. The molecule has 0 bridgehead atoms. The van der Waals surface area contributed by atoms with Crippen molar-refractivity contribution in [3.8, 4) is 0 Å². The largest absolute Gasteiger partial charge is 0.351 e. The summed E-state index contributed by atoms with van der Waals surface area (Å²) in [5.74, 6) is 2.19. The van der Waals surface area contributed by atoms with Gasteiger partial charge in [0.05, 0.1) is 11.7 Å². The van der Waals surface area contributed by atoms with Gasteiger partial charge in [-0.05, 0) is 46.6 Å². The van der Waals surface area contributed by atoms with Gasteiger partial charge >= 0.3 is 0 Å². The Morgan fingerprint density at radius 3 is 2.62 bits per heavy atom. The zero-order chi connectivity index (χ0) is 18.3. The van der Waals surface area contributed by atoms with Crippen molar-refractivity contribution in [2.45, 2.75) is 58.5 Å². The van der Waals surface area contributed by atoms with Crippen LogP contribution in [-0.2, 0) is 11.3 Å². The normalized spacial score (nSPS) is 24.0. The van der Waals surface area contributed by atoms with Gasteiger partial charge in [-0.1, -0.05) is 0 Å². The monoisotopic (exact) mass is 357 g/mol. The van der Waals surface area contributed by atoms with Gasteiger partial charge in [0.2, 0.25) is 5.91 Å². The predicted molar refractivity (Wildman–Crippen MR) is 96.5 cm³/mol. The Morgan fingerprint density at radius 2 is 2.00 bits per heavy atom. The van der Waals surface area contributed by atoms with Crippen LogP contribution in [0.4, 0.5) is 0 Å². The molecule has 0 radical (unpaired) electrons.